The van der Waals surface area contributed by atoms with Gasteiger partial charge in [-0.3, -0.25) is 9.78 Å². The van der Waals surface area contributed by atoms with Gasteiger partial charge in [-0.15, -0.1) is 11.3 Å². The average molecular weight is 325 g/mol. The number of aromatic nitrogens is 1. The Morgan fingerprint density at radius 3 is 3.06 bits per heavy atom. The average Bonchev–Trinajstić information content (AvgIpc) is 2.81. The van der Waals surface area contributed by atoms with Gasteiger partial charge in [-0.05, 0) is 40.4 Å². The Hall–Kier alpha value is -1.20. The number of pyridine rings is 1. The molecule has 0 aliphatic carbocycles. The predicted molar refractivity (Wildman–Crippen MR) is 76.9 cm³/mol. The normalized spacial score (nSPS) is 12.1. The predicted octanol–water partition coefficient (Wildman–Crippen LogP) is 3.27. The van der Waals surface area contributed by atoms with Crippen LogP contribution in [0.3, 0.4) is 0 Å². The molecule has 1 amide bonds. The summed E-state index contributed by atoms with van der Waals surface area (Å²) < 4.78 is 0.807. The lowest BCUT2D eigenvalue weighted by atomic mass is 10.2. The molecule has 1 atom stereocenters. The number of rotatable bonds is 4. The van der Waals surface area contributed by atoms with Gasteiger partial charge in [0.1, 0.15) is 0 Å². The number of thiophene rings is 1. The molecule has 0 spiro atoms. The van der Waals surface area contributed by atoms with Gasteiger partial charge in [0.25, 0.3) is 5.91 Å². The van der Waals surface area contributed by atoms with Crippen molar-refractivity contribution in [2.75, 3.05) is 0 Å². The minimum atomic E-state index is -0.0899. The standard InChI is InChI=1S/C13H13BrN2OS/c1-9(5-12-3-2-4-18-12)16-13(17)10-6-11(14)8-15-7-10/h2-4,6-9H,5H2,1H3,(H,16,17). The fourth-order valence-electron chi connectivity index (χ4n) is 1.62. The minimum Gasteiger partial charge on any atom is -0.349 e. The lowest BCUT2D eigenvalue weighted by Crippen LogP contribution is -2.33. The van der Waals surface area contributed by atoms with Gasteiger partial charge in [-0.25, -0.2) is 0 Å². The molecule has 3 nitrogen and oxygen atoms in total. The number of nitrogens with one attached hydrogen (secondary N) is 1. The minimum absolute atomic E-state index is 0.0899. The van der Waals surface area contributed by atoms with Crippen molar-refractivity contribution in [1.82, 2.24) is 10.3 Å². The summed E-state index contributed by atoms with van der Waals surface area (Å²) in [5.41, 5.74) is 0.572. The molecule has 0 aromatic carbocycles. The number of amides is 1. The van der Waals surface area contributed by atoms with Crippen LogP contribution in [0, 0.1) is 0 Å². The van der Waals surface area contributed by atoms with Gasteiger partial charge in [-0.1, -0.05) is 6.07 Å². The van der Waals surface area contributed by atoms with E-state index >= 15 is 0 Å². The first-order valence-corrected chi connectivity index (χ1v) is 7.26. The maximum absolute atomic E-state index is 12.0. The van der Waals surface area contributed by atoms with Crippen molar-refractivity contribution in [3.05, 3.63) is 50.9 Å². The molecule has 0 bridgehead atoms. The van der Waals surface area contributed by atoms with Gasteiger partial charge in [0.2, 0.25) is 0 Å². The topological polar surface area (TPSA) is 42.0 Å². The highest BCUT2D eigenvalue weighted by molar-refractivity contribution is 9.10. The number of halogens is 1. The largest absolute Gasteiger partial charge is 0.349 e. The summed E-state index contributed by atoms with van der Waals surface area (Å²) in [6.45, 7) is 2.00. The molecule has 1 unspecified atom stereocenters. The van der Waals surface area contributed by atoms with Crippen molar-refractivity contribution in [1.29, 1.82) is 0 Å². The Balaban J connectivity index is 1.95. The van der Waals surface area contributed by atoms with Crippen LogP contribution in [-0.4, -0.2) is 16.9 Å². The van der Waals surface area contributed by atoms with Gasteiger partial charge in [0.05, 0.1) is 5.56 Å². The summed E-state index contributed by atoms with van der Waals surface area (Å²) >= 11 is 5.01. The maximum Gasteiger partial charge on any atom is 0.253 e. The molecule has 0 radical (unpaired) electrons. The molecule has 0 saturated heterocycles. The van der Waals surface area contributed by atoms with E-state index in [-0.39, 0.29) is 11.9 Å². The molecule has 2 heterocycles. The van der Waals surface area contributed by atoms with Crippen molar-refractivity contribution in [3.63, 3.8) is 0 Å². The molecule has 1 N–H and O–H groups in total. The van der Waals surface area contributed by atoms with E-state index in [0.717, 1.165) is 10.9 Å². The van der Waals surface area contributed by atoms with E-state index in [1.165, 1.54) is 4.88 Å². The molecule has 0 fully saturated rings. The molecule has 0 saturated carbocycles. The number of carbonyl (C=O) groups is 1. The molecule has 2 aromatic heterocycles. The summed E-state index contributed by atoms with van der Waals surface area (Å²) in [7, 11) is 0. The van der Waals surface area contributed by atoms with Crippen molar-refractivity contribution in [2.45, 2.75) is 19.4 Å². The monoisotopic (exact) mass is 324 g/mol. The van der Waals surface area contributed by atoms with Crippen LogP contribution < -0.4 is 5.32 Å². The zero-order valence-corrected chi connectivity index (χ0v) is 12.3. The van der Waals surface area contributed by atoms with Crippen LogP contribution in [0.5, 0.6) is 0 Å². The first-order valence-electron chi connectivity index (χ1n) is 5.59. The number of carbonyl (C=O) groups excluding carboxylic acids is 1. The fraction of sp³-hybridized carbons (Fsp3) is 0.231. The highest BCUT2D eigenvalue weighted by Crippen LogP contribution is 2.12. The van der Waals surface area contributed by atoms with Crippen LogP contribution in [-0.2, 0) is 6.42 Å². The molecule has 2 aromatic rings. The van der Waals surface area contributed by atoms with E-state index in [0.29, 0.717) is 5.56 Å². The Bertz CT molecular complexity index is 528. The Kier molecular flexibility index (Phi) is 4.49. The fourth-order valence-corrected chi connectivity index (χ4v) is 2.82. The van der Waals surface area contributed by atoms with Crippen molar-refractivity contribution in [2.24, 2.45) is 0 Å². The molecular weight excluding hydrogens is 312 g/mol. The number of nitrogens with zero attached hydrogens (tertiary/aromatic N) is 1. The summed E-state index contributed by atoms with van der Waals surface area (Å²) in [6.07, 6.45) is 4.08. The van der Waals surface area contributed by atoms with Crippen LogP contribution in [0.15, 0.2) is 40.4 Å². The summed E-state index contributed by atoms with van der Waals surface area (Å²) in [4.78, 5) is 17.2. The van der Waals surface area contributed by atoms with Crippen molar-refractivity contribution in [3.8, 4) is 0 Å². The lowest BCUT2D eigenvalue weighted by molar-refractivity contribution is 0.0940. The van der Waals surface area contributed by atoms with Crippen LogP contribution in [0.25, 0.3) is 0 Å². The maximum atomic E-state index is 12.0. The van der Waals surface area contributed by atoms with E-state index in [9.17, 15) is 4.79 Å². The quantitative estimate of drug-likeness (QED) is 0.937. The first kappa shape index (κ1) is 13.2. The highest BCUT2D eigenvalue weighted by Gasteiger charge is 2.11. The second-order valence-corrected chi connectivity index (χ2v) is 6.00. The Morgan fingerprint density at radius 1 is 1.56 bits per heavy atom. The van der Waals surface area contributed by atoms with E-state index in [1.54, 1.807) is 29.8 Å². The molecule has 94 valence electrons. The van der Waals surface area contributed by atoms with Gasteiger partial charge in [-0.2, -0.15) is 0 Å². The third kappa shape index (κ3) is 3.65. The Morgan fingerprint density at radius 2 is 2.39 bits per heavy atom. The van der Waals surface area contributed by atoms with Crippen molar-refractivity contribution < 1.29 is 4.79 Å². The number of hydrogen-bond donors (Lipinski definition) is 1. The van der Waals surface area contributed by atoms with Gasteiger partial charge >= 0.3 is 0 Å². The lowest BCUT2D eigenvalue weighted by Gasteiger charge is -2.12. The molecular formula is C13H13BrN2OS. The van der Waals surface area contributed by atoms with Crippen LogP contribution in [0.4, 0.5) is 0 Å². The van der Waals surface area contributed by atoms with E-state index in [2.05, 4.69) is 32.3 Å². The zero-order chi connectivity index (χ0) is 13.0. The van der Waals surface area contributed by atoms with Crippen LogP contribution >= 0.6 is 27.3 Å². The van der Waals surface area contributed by atoms with E-state index in [1.807, 2.05) is 18.4 Å². The molecule has 18 heavy (non-hydrogen) atoms. The third-order valence-corrected chi connectivity index (χ3v) is 3.76. The van der Waals surface area contributed by atoms with Gasteiger partial charge in [0, 0.05) is 34.2 Å². The van der Waals surface area contributed by atoms with Gasteiger partial charge < -0.3 is 5.32 Å². The third-order valence-electron chi connectivity index (χ3n) is 2.43. The smallest absolute Gasteiger partial charge is 0.253 e. The van der Waals surface area contributed by atoms with E-state index < -0.39 is 0 Å². The van der Waals surface area contributed by atoms with Crippen molar-refractivity contribution >= 4 is 33.2 Å². The Labute approximate surface area is 118 Å². The van der Waals surface area contributed by atoms with Gasteiger partial charge in [0.15, 0.2) is 0 Å². The first-order chi connectivity index (χ1) is 8.65. The molecule has 0 aliphatic heterocycles. The molecule has 0 aliphatic rings. The summed E-state index contributed by atoms with van der Waals surface area (Å²) in [6, 6.07) is 5.97. The summed E-state index contributed by atoms with van der Waals surface area (Å²) in [5, 5.41) is 5.01. The summed E-state index contributed by atoms with van der Waals surface area (Å²) in [5.74, 6) is -0.0899. The molecule has 2 rings (SSSR count). The van der Waals surface area contributed by atoms with Crippen LogP contribution in [0.2, 0.25) is 0 Å². The van der Waals surface area contributed by atoms with E-state index in [4.69, 9.17) is 0 Å². The second kappa shape index (κ2) is 6.11. The van der Waals surface area contributed by atoms with Crippen LogP contribution in [0.1, 0.15) is 22.2 Å². The second-order valence-electron chi connectivity index (χ2n) is 4.05. The molecule has 5 heteroatoms. The SMILES string of the molecule is CC(Cc1cccs1)NC(=O)c1cncc(Br)c1. The highest BCUT2D eigenvalue weighted by atomic mass is 79.9. The zero-order valence-electron chi connectivity index (χ0n) is 9.89. The number of hydrogen-bond acceptors (Lipinski definition) is 3.